The van der Waals surface area contributed by atoms with Crippen molar-refractivity contribution in [2.24, 2.45) is 0 Å². The highest BCUT2D eigenvalue weighted by atomic mass is 14.9. The first-order valence-corrected chi connectivity index (χ1v) is 5.26. The van der Waals surface area contributed by atoms with Crippen LogP contribution in [0.15, 0.2) is 48.6 Å². The Morgan fingerprint density at radius 1 is 1.40 bits per heavy atom. The molecule has 1 aromatic carbocycles. The van der Waals surface area contributed by atoms with Gasteiger partial charge in [0, 0.05) is 5.69 Å². The van der Waals surface area contributed by atoms with E-state index in [-0.39, 0.29) is 6.04 Å². The maximum atomic E-state index is 3.85. The van der Waals surface area contributed by atoms with Crippen LogP contribution in [-0.4, -0.2) is 6.04 Å². The normalized spacial score (nSPS) is 13.4. The lowest BCUT2D eigenvalue weighted by Crippen LogP contribution is -2.18. The third-order valence-electron chi connectivity index (χ3n) is 2.64. The first-order valence-electron chi connectivity index (χ1n) is 5.26. The average molecular weight is 201 g/mol. The zero-order valence-corrected chi connectivity index (χ0v) is 9.75. The third-order valence-corrected chi connectivity index (χ3v) is 2.64. The standard InChI is InChI=1S/C14H19N/c1-5-11(3)13(6-2)15-14-10-8-7-9-12(14)4/h5-10,13,15H,2H2,1,3-4H3/b11-5+. The van der Waals surface area contributed by atoms with E-state index in [4.69, 9.17) is 0 Å². The number of allylic oxidation sites excluding steroid dienone is 1. The van der Waals surface area contributed by atoms with Crippen LogP contribution in [0, 0.1) is 6.92 Å². The Hall–Kier alpha value is -1.50. The summed E-state index contributed by atoms with van der Waals surface area (Å²) in [6, 6.07) is 8.50. The molecule has 0 spiro atoms. The minimum Gasteiger partial charge on any atom is -0.375 e. The van der Waals surface area contributed by atoms with Crippen molar-refractivity contribution in [1.82, 2.24) is 0 Å². The van der Waals surface area contributed by atoms with E-state index in [1.807, 2.05) is 25.1 Å². The smallest absolute Gasteiger partial charge is 0.0652 e. The summed E-state index contributed by atoms with van der Waals surface area (Å²) in [5, 5.41) is 3.46. The predicted molar refractivity (Wildman–Crippen MR) is 68.2 cm³/mol. The molecule has 0 aliphatic heterocycles. The van der Waals surface area contributed by atoms with Crippen LogP contribution in [0.25, 0.3) is 0 Å². The van der Waals surface area contributed by atoms with Gasteiger partial charge < -0.3 is 5.32 Å². The van der Waals surface area contributed by atoms with Crippen molar-refractivity contribution in [1.29, 1.82) is 0 Å². The van der Waals surface area contributed by atoms with Crippen molar-refractivity contribution in [2.75, 3.05) is 5.32 Å². The Kier molecular flexibility index (Phi) is 4.17. The second kappa shape index (κ2) is 5.40. The Morgan fingerprint density at radius 3 is 2.60 bits per heavy atom. The Morgan fingerprint density at radius 2 is 2.07 bits per heavy atom. The predicted octanol–water partition coefficient (Wildman–Crippen LogP) is 3.93. The molecular weight excluding hydrogens is 182 g/mol. The molecule has 0 saturated carbocycles. The number of benzene rings is 1. The van der Waals surface area contributed by atoms with Gasteiger partial charge in [0.2, 0.25) is 0 Å². The summed E-state index contributed by atoms with van der Waals surface area (Å²) >= 11 is 0. The van der Waals surface area contributed by atoms with E-state index in [1.54, 1.807) is 0 Å². The van der Waals surface area contributed by atoms with Gasteiger partial charge in [0.1, 0.15) is 0 Å². The molecule has 15 heavy (non-hydrogen) atoms. The van der Waals surface area contributed by atoms with Gasteiger partial charge in [0.25, 0.3) is 0 Å². The molecule has 1 rings (SSSR count). The van der Waals surface area contributed by atoms with Gasteiger partial charge in [-0.1, -0.05) is 35.9 Å². The minimum absolute atomic E-state index is 0.219. The first kappa shape index (κ1) is 11.6. The molecule has 0 aliphatic carbocycles. The molecule has 80 valence electrons. The van der Waals surface area contributed by atoms with Crippen LogP contribution < -0.4 is 5.32 Å². The minimum atomic E-state index is 0.219. The zero-order valence-electron chi connectivity index (χ0n) is 9.75. The number of rotatable bonds is 4. The fourth-order valence-electron chi connectivity index (χ4n) is 1.44. The quantitative estimate of drug-likeness (QED) is 0.728. The monoisotopic (exact) mass is 201 g/mol. The molecule has 1 heteroatoms. The zero-order chi connectivity index (χ0) is 11.3. The molecule has 0 fully saturated rings. The first-order chi connectivity index (χ1) is 7.19. The van der Waals surface area contributed by atoms with Crippen LogP contribution in [0.5, 0.6) is 0 Å². The van der Waals surface area contributed by atoms with Crippen LogP contribution in [0.2, 0.25) is 0 Å². The summed E-state index contributed by atoms with van der Waals surface area (Å²) in [6.07, 6.45) is 4.04. The summed E-state index contributed by atoms with van der Waals surface area (Å²) in [4.78, 5) is 0. The lowest BCUT2D eigenvalue weighted by atomic mass is 10.1. The second-order valence-electron chi connectivity index (χ2n) is 3.71. The highest BCUT2D eigenvalue weighted by molar-refractivity contribution is 5.53. The number of para-hydroxylation sites is 1. The molecule has 0 bridgehead atoms. The second-order valence-corrected chi connectivity index (χ2v) is 3.71. The van der Waals surface area contributed by atoms with Crippen molar-refractivity contribution >= 4 is 5.69 Å². The van der Waals surface area contributed by atoms with Gasteiger partial charge in [-0.3, -0.25) is 0 Å². The molecule has 0 aromatic heterocycles. The molecule has 0 heterocycles. The number of hydrogen-bond acceptors (Lipinski definition) is 1. The summed E-state index contributed by atoms with van der Waals surface area (Å²) in [5.74, 6) is 0. The Balaban J connectivity index is 2.85. The molecule has 1 atom stereocenters. The topological polar surface area (TPSA) is 12.0 Å². The van der Waals surface area contributed by atoms with Crippen molar-refractivity contribution < 1.29 is 0 Å². The average Bonchev–Trinajstić information content (AvgIpc) is 2.27. The van der Waals surface area contributed by atoms with E-state index in [0.717, 1.165) is 0 Å². The Labute approximate surface area is 92.5 Å². The lowest BCUT2D eigenvalue weighted by molar-refractivity contribution is 1.01. The molecule has 1 N–H and O–H groups in total. The van der Waals surface area contributed by atoms with Gasteiger partial charge in [-0.05, 0) is 32.4 Å². The SMILES string of the molecule is C=CC(Nc1ccccc1C)/C(C)=C/C. The molecule has 0 aliphatic rings. The van der Waals surface area contributed by atoms with Crippen LogP contribution >= 0.6 is 0 Å². The summed E-state index contributed by atoms with van der Waals surface area (Å²) in [5.41, 5.74) is 3.71. The van der Waals surface area contributed by atoms with Gasteiger partial charge in [0.05, 0.1) is 6.04 Å². The van der Waals surface area contributed by atoms with Gasteiger partial charge in [-0.15, -0.1) is 6.58 Å². The van der Waals surface area contributed by atoms with E-state index in [9.17, 15) is 0 Å². The van der Waals surface area contributed by atoms with Crippen molar-refractivity contribution in [3.05, 3.63) is 54.1 Å². The van der Waals surface area contributed by atoms with E-state index in [1.165, 1.54) is 16.8 Å². The fourth-order valence-corrected chi connectivity index (χ4v) is 1.44. The third kappa shape index (κ3) is 2.98. The highest BCUT2D eigenvalue weighted by Gasteiger charge is 2.06. The fraction of sp³-hybridized carbons (Fsp3) is 0.286. The van der Waals surface area contributed by atoms with Crippen LogP contribution in [0.3, 0.4) is 0 Å². The molecule has 0 amide bonds. The number of hydrogen-bond donors (Lipinski definition) is 1. The summed E-state index contributed by atoms with van der Waals surface area (Å²) in [6.45, 7) is 10.1. The Bertz CT molecular complexity index is 363. The number of aryl methyl sites for hydroxylation is 1. The van der Waals surface area contributed by atoms with E-state index < -0.39 is 0 Å². The van der Waals surface area contributed by atoms with Crippen LogP contribution in [0.1, 0.15) is 19.4 Å². The molecule has 0 radical (unpaired) electrons. The molecule has 1 nitrogen and oxygen atoms in total. The summed E-state index contributed by atoms with van der Waals surface area (Å²) in [7, 11) is 0. The molecule has 1 aromatic rings. The van der Waals surface area contributed by atoms with Crippen molar-refractivity contribution in [2.45, 2.75) is 26.8 Å². The van der Waals surface area contributed by atoms with Crippen LogP contribution in [0.4, 0.5) is 5.69 Å². The van der Waals surface area contributed by atoms with Gasteiger partial charge in [0.15, 0.2) is 0 Å². The van der Waals surface area contributed by atoms with Gasteiger partial charge in [-0.2, -0.15) is 0 Å². The van der Waals surface area contributed by atoms with Gasteiger partial charge in [-0.25, -0.2) is 0 Å². The van der Waals surface area contributed by atoms with E-state index >= 15 is 0 Å². The maximum absolute atomic E-state index is 3.85. The molecular formula is C14H19N. The number of anilines is 1. The lowest BCUT2D eigenvalue weighted by Gasteiger charge is -2.18. The van der Waals surface area contributed by atoms with Crippen LogP contribution in [-0.2, 0) is 0 Å². The van der Waals surface area contributed by atoms with Crippen molar-refractivity contribution in [3.8, 4) is 0 Å². The highest BCUT2D eigenvalue weighted by Crippen LogP contribution is 2.17. The van der Waals surface area contributed by atoms with E-state index in [0.29, 0.717) is 0 Å². The molecule has 1 unspecified atom stereocenters. The van der Waals surface area contributed by atoms with E-state index in [2.05, 4.69) is 44.0 Å². The maximum Gasteiger partial charge on any atom is 0.0652 e. The van der Waals surface area contributed by atoms with Gasteiger partial charge >= 0.3 is 0 Å². The number of nitrogens with one attached hydrogen (secondary N) is 1. The van der Waals surface area contributed by atoms with Crippen molar-refractivity contribution in [3.63, 3.8) is 0 Å². The molecule has 0 saturated heterocycles. The largest absolute Gasteiger partial charge is 0.375 e. The summed E-state index contributed by atoms with van der Waals surface area (Å²) < 4.78 is 0.